The summed E-state index contributed by atoms with van der Waals surface area (Å²) in [5, 5.41) is 3.98. The van der Waals surface area contributed by atoms with E-state index in [4.69, 9.17) is 9.97 Å². The maximum absolute atomic E-state index is 4.98. The van der Waals surface area contributed by atoms with Crippen molar-refractivity contribution in [3.63, 3.8) is 0 Å². The van der Waals surface area contributed by atoms with Gasteiger partial charge in [-0.05, 0) is 36.4 Å². The van der Waals surface area contributed by atoms with E-state index in [1.54, 1.807) is 0 Å². The van der Waals surface area contributed by atoms with E-state index in [0.29, 0.717) is 0 Å². The van der Waals surface area contributed by atoms with Crippen molar-refractivity contribution in [2.75, 3.05) is 0 Å². The first-order chi connectivity index (χ1) is 19.8. The molecule has 0 saturated heterocycles. The molecule has 2 nitrogen and oxygen atoms in total. The summed E-state index contributed by atoms with van der Waals surface area (Å²) in [6.07, 6.45) is 0. The fraction of sp³-hybridized carbons (Fsp3) is 0. The molecule has 0 spiro atoms. The van der Waals surface area contributed by atoms with Gasteiger partial charge in [-0.2, -0.15) is 0 Å². The average Bonchev–Trinajstić information content (AvgIpc) is 3.57. The Hall–Kier alpha value is -4.64. The molecule has 4 aromatic carbocycles. The lowest BCUT2D eigenvalue weighted by molar-refractivity contribution is 1.33. The van der Waals surface area contributed by atoms with Crippen LogP contribution in [0.3, 0.4) is 0 Å². The molecule has 0 bridgehead atoms. The van der Waals surface area contributed by atoms with E-state index in [1.807, 2.05) is 34.8 Å². The minimum atomic E-state index is 0.996. The lowest BCUT2D eigenvalue weighted by Crippen LogP contribution is -1.87. The van der Waals surface area contributed by atoms with Gasteiger partial charge in [-0.1, -0.05) is 97.1 Å². The third-order valence-corrected chi connectivity index (χ3v) is 9.73. The molecule has 0 fully saturated rings. The smallest absolute Gasteiger partial charge is 0.0890 e. The summed E-state index contributed by atoms with van der Waals surface area (Å²) in [7, 11) is 0. The molecule has 4 heteroatoms. The molecule has 0 radical (unpaired) electrons. The topological polar surface area (TPSA) is 25.8 Å². The maximum Gasteiger partial charge on any atom is 0.0890 e. The van der Waals surface area contributed by atoms with E-state index >= 15 is 0 Å². The predicted molar refractivity (Wildman–Crippen MR) is 172 cm³/mol. The number of fused-ring (bicyclic) bond motifs is 5. The standard InChI is InChI=1S/C36H22N2S2/c1-3-9-23(10-4-1)29-13-7-15-31(37-29)25-17-19-27-33(21-25)39-36-35(27)28-20-18-26(22-34(28)40-36)32-16-8-14-30(38-32)24-11-5-2-6-12-24/h1-22H. The molecule has 0 unspecified atom stereocenters. The van der Waals surface area contributed by atoms with Crippen LogP contribution in [0.2, 0.25) is 0 Å². The molecule has 188 valence electrons. The van der Waals surface area contributed by atoms with Gasteiger partial charge in [0.15, 0.2) is 0 Å². The average molecular weight is 547 g/mol. The molecule has 4 heterocycles. The van der Waals surface area contributed by atoms with Gasteiger partial charge in [-0.15, -0.1) is 22.7 Å². The largest absolute Gasteiger partial charge is 0.248 e. The lowest BCUT2D eigenvalue weighted by Gasteiger charge is -2.06. The van der Waals surface area contributed by atoms with Crippen LogP contribution < -0.4 is 0 Å². The highest BCUT2D eigenvalue weighted by molar-refractivity contribution is 7.44. The zero-order valence-electron chi connectivity index (χ0n) is 21.4. The van der Waals surface area contributed by atoms with Crippen molar-refractivity contribution in [3.8, 4) is 45.0 Å². The number of rotatable bonds is 4. The summed E-state index contributed by atoms with van der Waals surface area (Å²) < 4.78 is 3.96. The molecule has 0 atom stereocenters. The van der Waals surface area contributed by atoms with Crippen LogP contribution >= 0.6 is 22.7 Å². The van der Waals surface area contributed by atoms with Gasteiger partial charge in [-0.25, -0.2) is 9.97 Å². The van der Waals surface area contributed by atoms with Gasteiger partial charge in [-0.3, -0.25) is 0 Å². The number of benzene rings is 4. The van der Waals surface area contributed by atoms with Crippen molar-refractivity contribution in [1.29, 1.82) is 0 Å². The van der Waals surface area contributed by atoms with Gasteiger partial charge >= 0.3 is 0 Å². The van der Waals surface area contributed by atoms with Crippen molar-refractivity contribution in [3.05, 3.63) is 133 Å². The third kappa shape index (κ3) is 4.01. The molecular weight excluding hydrogens is 525 g/mol. The van der Waals surface area contributed by atoms with Gasteiger partial charge in [0.2, 0.25) is 0 Å². The fourth-order valence-electron chi connectivity index (χ4n) is 5.36. The van der Waals surface area contributed by atoms with Gasteiger partial charge in [0.25, 0.3) is 0 Å². The number of aromatic nitrogens is 2. The molecular formula is C36H22N2S2. The zero-order valence-corrected chi connectivity index (χ0v) is 23.0. The highest BCUT2D eigenvalue weighted by Crippen LogP contribution is 2.45. The number of pyridine rings is 2. The molecule has 0 N–H and O–H groups in total. The Balaban J connectivity index is 1.18. The van der Waals surface area contributed by atoms with Crippen LogP contribution in [0, 0.1) is 0 Å². The summed E-state index contributed by atoms with van der Waals surface area (Å²) >= 11 is 3.75. The second-order valence-corrected chi connectivity index (χ2v) is 12.2. The Morgan fingerprint density at radius 3 is 1.25 bits per heavy atom. The van der Waals surface area contributed by atoms with Crippen LogP contribution in [0.4, 0.5) is 0 Å². The molecule has 0 aliphatic heterocycles. The van der Waals surface area contributed by atoms with Crippen molar-refractivity contribution in [2.24, 2.45) is 0 Å². The third-order valence-electron chi connectivity index (χ3n) is 7.34. The minimum Gasteiger partial charge on any atom is -0.248 e. The summed E-state index contributed by atoms with van der Waals surface area (Å²) in [4.78, 5) is 9.95. The Bertz CT molecular complexity index is 2010. The molecule has 0 aliphatic carbocycles. The zero-order chi connectivity index (χ0) is 26.5. The molecule has 0 amide bonds. The van der Waals surface area contributed by atoms with Crippen LogP contribution in [0.15, 0.2) is 133 Å². The molecule has 0 aliphatic rings. The second kappa shape index (κ2) is 9.53. The maximum atomic E-state index is 4.98. The van der Waals surface area contributed by atoms with E-state index < -0.39 is 0 Å². The first-order valence-electron chi connectivity index (χ1n) is 13.2. The molecule has 0 saturated carbocycles. The number of hydrogen-bond acceptors (Lipinski definition) is 4. The molecule has 40 heavy (non-hydrogen) atoms. The van der Waals surface area contributed by atoms with E-state index in [-0.39, 0.29) is 0 Å². The SMILES string of the molecule is c1ccc(-c2cccc(-c3ccc4c(c3)sc3sc5cc(-c6cccc(-c7ccccc7)n6)ccc5c34)n2)cc1. The summed E-state index contributed by atoms with van der Waals surface area (Å²) in [6.45, 7) is 0. The Labute approximate surface area is 239 Å². The Morgan fingerprint density at radius 1 is 0.375 bits per heavy atom. The fourth-order valence-corrected chi connectivity index (χ4v) is 8.04. The normalized spacial score (nSPS) is 11.5. The molecule has 8 rings (SSSR count). The summed E-state index contributed by atoms with van der Waals surface area (Å²) in [5.74, 6) is 0. The van der Waals surface area contributed by atoms with Crippen LogP contribution in [-0.4, -0.2) is 9.97 Å². The highest BCUT2D eigenvalue weighted by Gasteiger charge is 2.15. The van der Waals surface area contributed by atoms with E-state index in [9.17, 15) is 0 Å². The Kier molecular flexibility index (Phi) is 5.54. The van der Waals surface area contributed by atoms with Gasteiger partial charge < -0.3 is 0 Å². The van der Waals surface area contributed by atoms with Crippen LogP contribution in [-0.2, 0) is 0 Å². The van der Waals surface area contributed by atoms with Crippen LogP contribution in [0.5, 0.6) is 0 Å². The number of nitrogens with zero attached hydrogens (tertiary/aromatic N) is 2. The van der Waals surface area contributed by atoms with E-state index in [1.165, 1.54) is 29.6 Å². The predicted octanol–water partition coefficient (Wildman–Crippen LogP) is 10.7. The minimum absolute atomic E-state index is 0.996. The van der Waals surface area contributed by atoms with Gasteiger partial charge in [0, 0.05) is 47.8 Å². The molecule has 4 aromatic heterocycles. The number of hydrogen-bond donors (Lipinski definition) is 0. The first kappa shape index (κ1) is 23.3. The quantitative estimate of drug-likeness (QED) is 0.219. The van der Waals surface area contributed by atoms with Crippen molar-refractivity contribution in [2.45, 2.75) is 0 Å². The van der Waals surface area contributed by atoms with Gasteiger partial charge in [0.1, 0.15) is 0 Å². The van der Waals surface area contributed by atoms with Crippen molar-refractivity contribution in [1.82, 2.24) is 9.97 Å². The monoisotopic (exact) mass is 546 g/mol. The van der Waals surface area contributed by atoms with Crippen LogP contribution in [0.1, 0.15) is 0 Å². The van der Waals surface area contributed by atoms with Gasteiger partial charge in [0.05, 0.1) is 26.8 Å². The van der Waals surface area contributed by atoms with Crippen molar-refractivity contribution < 1.29 is 0 Å². The van der Waals surface area contributed by atoms with E-state index in [2.05, 4.69) is 121 Å². The van der Waals surface area contributed by atoms with Crippen molar-refractivity contribution >= 4 is 52.2 Å². The lowest BCUT2D eigenvalue weighted by atomic mass is 10.0. The van der Waals surface area contributed by atoms with Crippen LogP contribution in [0.25, 0.3) is 74.6 Å². The second-order valence-electron chi connectivity index (χ2n) is 9.84. The highest BCUT2D eigenvalue weighted by atomic mass is 32.2. The van der Waals surface area contributed by atoms with E-state index in [0.717, 1.165) is 45.0 Å². The summed E-state index contributed by atoms with van der Waals surface area (Å²) in [5.41, 5.74) is 8.56. The Morgan fingerprint density at radius 2 is 0.800 bits per heavy atom. The first-order valence-corrected chi connectivity index (χ1v) is 14.9. The molecule has 8 aromatic rings. The summed E-state index contributed by atoms with van der Waals surface area (Å²) in [6, 6.07) is 46.8. The number of thiophene rings is 2.